The van der Waals surface area contributed by atoms with E-state index in [1.54, 1.807) is 19.1 Å². The third-order valence-electron chi connectivity index (χ3n) is 9.16. The number of primary amides is 1. The van der Waals surface area contributed by atoms with Gasteiger partial charge in [-0.3, -0.25) is 24.1 Å². The second-order valence-corrected chi connectivity index (χ2v) is 11.5. The first-order valence-electron chi connectivity index (χ1n) is 13.5. The molecule has 4 unspecified atom stereocenters. The number of nitrogens with two attached hydrogens (primary N) is 1. The first-order valence-corrected chi connectivity index (χ1v) is 13.5. The second-order valence-electron chi connectivity index (χ2n) is 11.5. The molecule has 4 aliphatic carbocycles. The number of hydrogen-bond acceptors (Lipinski definition) is 10. The van der Waals surface area contributed by atoms with Gasteiger partial charge < -0.3 is 30.9 Å². The van der Waals surface area contributed by atoms with Gasteiger partial charge in [0, 0.05) is 11.5 Å². The Labute approximate surface area is 230 Å². The van der Waals surface area contributed by atoms with Gasteiger partial charge in [-0.15, -0.1) is 0 Å². The van der Waals surface area contributed by atoms with Gasteiger partial charge in [0.2, 0.25) is 5.78 Å². The molecule has 5 rings (SSSR count). The molecule has 4 aliphatic rings. The SMILES string of the molecule is CC1c2cccc(O)c2C(O)=C2C(=O)[C@]3(O)C(O)=C(C(N)=O)C(=O)[C@@H](N(C)C)C3C(OC(=O)C3CCCCC3)C21. The Bertz CT molecular complexity index is 1370. The van der Waals surface area contributed by atoms with Crippen molar-refractivity contribution in [3.63, 3.8) is 0 Å². The Morgan fingerprint density at radius 3 is 2.33 bits per heavy atom. The number of phenolic OH excluding ortho intramolecular Hbond substituents is 1. The summed E-state index contributed by atoms with van der Waals surface area (Å²) in [5, 5.41) is 45.3. The van der Waals surface area contributed by atoms with Gasteiger partial charge in [0.25, 0.3) is 5.91 Å². The monoisotopic (exact) mass is 554 g/mol. The number of aliphatic hydroxyl groups excluding tert-OH is 2. The van der Waals surface area contributed by atoms with E-state index in [2.05, 4.69) is 0 Å². The van der Waals surface area contributed by atoms with E-state index in [0.717, 1.165) is 19.3 Å². The third-order valence-corrected chi connectivity index (χ3v) is 9.16. The lowest BCUT2D eigenvalue weighted by atomic mass is 9.54. The number of carbonyl (C=O) groups is 4. The van der Waals surface area contributed by atoms with Gasteiger partial charge in [-0.2, -0.15) is 0 Å². The van der Waals surface area contributed by atoms with Crippen LogP contribution < -0.4 is 5.73 Å². The van der Waals surface area contributed by atoms with E-state index in [4.69, 9.17) is 10.5 Å². The highest BCUT2D eigenvalue weighted by atomic mass is 16.5. The number of esters is 1. The van der Waals surface area contributed by atoms with Crippen LogP contribution in [0.2, 0.25) is 0 Å². The zero-order valence-corrected chi connectivity index (χ0v) is 22.6. The summed E-state index contributed by atoms with van der Waals surface area (Å²) in [4.78, 5) is 55.0. The molecule has 2 fully saturated rings. The molecule has 0 aromatic heterocycles. The smallest absolute Gasteiger partial charge is 0.309 e. The Kier molecular flexibility index (Phi) is 6.78. The van der Waals surface area contributed by atoms with Crippen LogP contribution in [0.25, 0.3) is 5.76 Å². The van der Waals surface area contributed by atoms with E-state index in [9.17, 15) is 39.6 Å². The lowest BCUT2D eigenvalue weighted by Gasteiger charge is -2.54. The summed E-state index contributed by atoms with van der Waals surface area (Å²) >= 11 is 0. The fourth-order valence-corrected chi connectivity index (χ4v) is 7.26. The van der Waals surface area contributed by atoms with Crippen molar-refractivity contribution in [3.8, 4) is 5.75 Å². The number of aromatic hydroxyl groups is 1. The molecule has 1 amide bonds. The molecule has 6 atom stereocenters. The topological polar surface area (TPSA) is 188 Å². The van der Waals surface area contributed by atoms with Crippen LogP contribution in [0.15, 0.2) is 35.1 Å². The number of ether oxygens (including phenoxy) is 1. The molecule has 11 nitrogen and oxygen atoms in total. The number of aliphatic hydroxyl groups is 3. The number of hydrogen-bond donors (Lipinski definition) is 5. The minimum atomic E-state index is -2.94. The highest BCUT2D eigenvalue weighted by molar-refractivity contribution is 6.24. The molecule has 0 heterocycles. The van der Waals surface area contributed by atoms with Gasteiger partial charge >= 0.3 is 5.97 Å². The Morgan fingerprint density at radius 1 is 1.07 bits per heavy atom. The third kappa shape index (κ3) is 3.78. The van der Waals surface area contributed by atoms with Crippen molar-refractivity contribution in [2.24, 2.45) is 23.5 Å². The molecule has 0 bridgehead atoms. The van der Waals surface area contributed by atoms with Crippen molar-refractivity contribution in [2.75, 3.05) is 14.1 Å². The minimum absolute atomic E-state index is 0.0244. The number of likely N-dealkylation sites (N-methyl/N-ethyl adjacent to an activating group) is 1. The summed E-state index contributed by atoms with van der Waals surface area (Å²) in [6.45, 7) is 1.73. The Hall–Kier alpha value is -3.70. The van der Waals surface area contributed by atoms with Crippen molar-refractivity contribution < 1.29 is 44.3 Å². The summed E-state index contributed by atoms with van der Waals surface area (Å²) in [7, 11) is 2.99. The summed E-state index contributed by atoms with van der Waals surface area (Å²) in [6, 6.07) is 3.18. The van der Waals surface area contributed by atoms with Crippen molar-refractivity contribution in [3.05, 3.63) is 46.2 Å². The summed E-state index contributed by atoms with van der Waals surface area (Å²) in [6.07, 6.45) is 2.45. The highest BCUT2D eigenvalue weighted by Crippen LogP contribution is 2.57. The molecular weight excluding hydrogens is 520 g/mol. The molecular formula is C29H34N2O9. The molecule has 2 saturated carbocycles. The van der Waals surface area contributed by atoms with Gasteiger partial charge in [0.05, 0.1) is 23.4 Å². The number of ketones is 2. The molecule has 40 heavy (non-hydrogen) atoms. The first kappa shape index (κ1) is 27.9. The fraction of sp³-hybridized carbons (Fsp3) is 0.517. The largest absolute Gasteiger partial charge is 0.508 e. The number of nitrogens with zero attached hydrogens (tertiary/aromatic N) is 1. The number of amides is 1. The number of benzene rings is 1. The standard InChI is InChI=1S/C29H34N2O9/c1-12-14-10-7-11-15(32)17(14)22(33)18-16(12)24(40-28(38)13-8-5-4-6-9-13)20-21(31(2)3)23(34)19(27(30)37)26(36)29(20,39)25(18)35/h7,10-13,16,20-21,24,32-33,36,39H,4-6,8-9H2,1-3H3,(H2,30,37)/t12?,16?,20?,21-,24?,29-/m0/s1. The summed E-state index contributed by atoms with van der Waals surface area (Å²) in [5.74, 6) is -9.84. The maximum atomic E-state index is 14.2. The number of fused-ring (bicyclic) bond motifs is 3. The van der Waals surface area contributed by atoms with Crippen molar-refractivity contribution >= 4 is 29.2 Å². The highest BCUT2D eigenvalue weighted by Gasteiger charge is 2.69. The average molecular weight is 555 g/mol. The molecule has 214 valence electrons. The van der Waals surface area contributed by atoms with Crippen molar-refractivity contribution in [2.45, 2.75) is 62.7 Å². The predicted octanol–water partition coefficient (Wildman–Crippen LogP) is 1.63. The van der Waals surface area contributed by atoms with E-state index in [-0.39, 0.29) is 16.9 Å². The Morgan fingerprint density at radius 2 is 1.73 bits per heavy atom. The van der Waals surface area contributed by atoms with E-state index < -0.39 is 82.0 Å². The van der Waals surface area contributed by atoms with E-state index in [0.29, 0.717) is 18.4 Å². The molecule has 1 aromatic carbocycles. The van der Waals surface area contributed by atoms with Crippen molar-refractivity contribution in [1.29, 1.82) is 0 Å². The van der Waals surface area contributed by atoms with Gasteiger partial charge in [-0.25, -0.2) is 0 Å². The van der Waals surface area contributed by atoms with Crippen LogP contribution in [0.5, 0.6) is 5.75 Å². The number of Topliss-reactive ketones (excluding diaryl/α,β-unsaturated/α-hetero) is 2. The average Bonchev–Trinajstić information content (AvgIpc) is 2.90. The predicted molar refractivity (Wildman–Crippen MR) is 141 cm³/mol. The van der Waals surface area contributed by atoms with Gasteiger partial charge in [0.1, 0.15) is 28.9 Å². The minimum Gasteiger partial charge on any atom is -0.508 e. The quantitative estimate of drug-likeness (QED) is 0.270. The van der Waals surface area contributed by atoms with E-state index >= 15 is 0 Å². The van der Waals surface area contributed by atoms with Crippen molar-refractivity contribution in [1.82, 2.24) is 4.90 Å². The number of carbonyl (C=O) groups excluding carboxylic acids is 4. The maximum Gasteiger partial charge on any atom is 0.309 e. The summed E-state index contributed by atoms with van der Waals surface area (Å²) < 4.78 is 6.13. The van der Waals surface area contributed by atoms with Crippen LogP contribution in [0.4, 0.5) is 0 Å². The first-order chi connectivity index (χ1) is 18.8. The molecule has 1 aromatic rings. The Balaban J connectivity index is 1.79. The zero-order chi connectivity index (χ0) is 29.3. The van der Waals surface area contributed by atoms with Gasteiger partial charge in [-0.1, -0.05) is 38.3 Å². The molecule has 0 aliphatic heterocycles. The lowest BCUT2D eigenvalue weighted by Crippen LogP contribution is -2.71. The summed E-state index contributed by atoms with van der Waals surface area (Å²) in [5.41, 5.74) is 1.62. The molecule has 0 radical (unpaired) electrons. The maximum absolute atomic E-state index is 14.2. The molecule has 0 saturated heterocycles. The molecule has 11 heteroatoms. The number of rotatable bonds is 4. The molecule has 6 N–H and O–H groups in total. The molecule has 0 spiro atoms. The second kappa shape index (κ2) is 9.74. The van der Waals surface area contributed by atoms with E-state index in [1.807, 2.05) is 0 Å². The normalized spacial score (nSPS) is 32.5. The van der Waals surface area contributed by atoms with Crippen LogP contribution in [-0.4, -0.2) is 80.6 Å². The fourth-order valence-electron chi connectivity index (χ4n) is 7.26. The van der Waals surface area contributed by atoms with Crippen LogP contribution in [0.1, 0.15) is 56.1 Å². The van der Waals surface area contributed by atoms with Crippen LogP contribution in [0.3, 0.4) is 0 Å². The van der Waals surface area contributed by atoms with Gasteiger partial charge in [0.15, 0.2) is 11.4 Å². The number of phenols is 1. The van der Waals surface area contributed by atoms with Crippen LogP contribution in [-0.2, 0) is 23.9 Å². The van der Waals surface area contributed by atoms with Crippen LogP contribution in [0, 0.1) is 17.8 Å². The lowest BCUT2D eigenvalue weighted by molar-refractivity contribution is -0.188. The van der Waals surface area contributed by atoms with E-state index in [1.165, 1.54) is 25.1 Å². The van der Waals surface area contributed by atoms with Gasteiger partial charge in [-0.05, 0) is 44.5 Å². The zero-order valence-electron chi connectivity index (χ0n) is 22.6. The van der Waals surface area contributed by atoms with Crippen LogP contribution >= 0.6 is 0 Å².